The number of H-pyrrole nitrogens is 2. The quantitative estimate of drug-likeness (QED) is 0.0501. The number of hydrogen-bond donors (Lipinski definition) is 10. The number of carbonyl (C=O) groups excluding carboxylic acids is 8. The van der Waals surface area contributed by atoms with Gasteiger partial charge in [0.25, 0.3) is 0 Å². The van der Waals surface area contributed by atoms with Crippen LogP contribution in [0.5, 0.6) is 0 Å². The highest BCUT2D eigenvalue weighted by Crippen LogP contribution is 2.21. The molecule has 8 atom stereocenters. The van der Waals surface area contributed by atoms with Crippen LogP contribution in [0.4, 0.5) is 0 Å². The van der Waals surface area contributed by atoms with Gasteiger partial charge in [0.1, 0.15) is 36.3 Å². The van der Waals surface area contributed by atoms with E-state index >= 15 is 0 Å². The Balaban J connectivity index is 1.48. The summed E-state index contributed by atoms with van der Waals surface area (Å²) in [5.74, 6) is -5.04. The van der Waals surface area contributed by atoms with E-state index in [2.05, 4.69) is 51.8 Å². The number of amides is 8. The molecule has 1 aliphatic heterocycles. The van der Waals surface area contributed by atoms with Crippen molar-refractivity contribution in [2.24, 2.45) is 23.5 Å². The number of nitrogens with two attached hydrogens (primary N) is 1. The number of nitrogens with one attached hydrogen (secondary N) is 8. The van der Waals surface area contributed by atoms with E-state index in [4.69, 9.17) is 5.73 Å². The molecule has 0 saturated carbocycles. The Kier molecular flexibility index (Phi) is 21.3. The van der Waals surface area contributed by atoms with Crippen molar-refractivity contribution >= 4 is 47.3 Å². The Morgan fingerprint density at radius 1 is 0.681 bits per heavy atom. The fourth-order valence-electron chi connectivity index (χ4n) is 8.37. The van der Waals surface area contributed by atoms with Crippen LogP contribution in [-0.2, 0) is 57.6 Å². The van der Waals surface area contributed by atoms with Crippen molar-refractivity contribution in [3.8, 4) is 0 Å². The van der Waals surface area contributed by atoms with Gasteiger partial charge >= 0.3 is 0 Å². The summed E-state index contributed by atoms with van der Waals surface area (Å²) in [5.41, 5.74) is 7.54. The van der Waals surface area contributed by atoms with E-state index < -0.39 is 102 Å². The van der Waals surface area contributed by atoms with Crippen molar-refractivity contribution in [3.63, 3.8) is 0 Å². The van der Waals surface area contributed by atoms with Crippen LogP contribution >= 0.6 is 0 Å². The van der Waals surface area contributed by atoms with E-state index in [9.17, 15) is 43.5 Å². The molecule has 378 valence electrons. The van der Waals surface area contributed by atoms with Crippen molar-refractivity contribution in [1.82, 2.24) is 56.7 Å². The van der Waals surface area contributed by atoms with Gasteiger partial charge in [0.15, 0.2) is 0 Å². The smallest absolute Gasteiger partial charge is 0.246 e. The molecule has 1 fully saturated rings. The molecule has 1 saturated heterocycles. The molecule has 0 unspecified atom stereocenters. The number of imidazole rings is 2. The van der Waals surface area contributed by atoms with Gasteiger partial charge in [-0.3, -0.25) is 38.4 Å². The SMILES string of the molecule is CC(=O)N[C@@H](Cc1cnc[nH]1)C(=O)N1CCC[C@@H]1C(=O)N[C@@H](CC(C)C)C(=O)N[C@@H](Cc1cnc[nH]1)C(=O)N[C@@H](CC(C)C)[C@@H](O)CC(=O)N[C@@H](CC(C)C)C(=O)N[C@@H](Cc1ccccc1)C(N)=O. The average molecular weight is 961 g/mol. The second kappa shape index (κ2) is 26.8. The summed E-state index contributed by atoms with van der Waals surface area (Å²) in [6.45, 7) is 12.8. The lowest BCUT2D eigenvalue weighted by atomic mass is 9.95. The van der Waals surface area contributed by atoms with Crippen LogP contribution in [0.1, 0.15) is 104 Å². The molecule has 8 amide bonds. The lowest BCUT2D eigenvalue weighted by molar-refractivity contribution is -0.142. The largest absolute Gasteiger partial charge is 0.390 e. The van der Waals surface area contributed by atoms with E-state index in [0.717, 1.165) is 5.56 Å². The molecular weight excluding hydrogens is 889 g/mol. The van der Waals surface area contributed by atoms with Gasteiger partial charge in [0.05, 0.1) is 31.2 Å². The Morgan fingerprint density at radius 3 is 1.74 bits per heavy atom. The Morgan fingerprint density at radius 2 is 1.22 bits per heavy atom. The first-order chi connectivity index (χ1) is 32.7. The number of primary amides is 1. The number of benzene rings is 1. The Bertz CT molecular complexity index is 2150. The van der Waals surface area contributed by atoms with Gasteiger partial charge in [0.2, 0.25) is 47.3 Å². The van der Waals surface area contributed by atoms with Crippen molar-refractivity contribution in [2.75, 3.05) is 6.54 Å². The molecule has 69 heavy (non-hydrogen) atoms. The number of nitrogens with zero attached hydrogens (tertiary/aromatic N) is 3. The molecule has 1 aliphatic rings. The summed E-state index contributed by atoms with van der Waals surface area (Å²) >= 11 is 0. The molecule has 0 bridgehead atoms. The molecule has 0 spiro atoms. The van der Waals surface area contributed by atoms with Crippen LogP contribution in [0.15, 0.2) is 55.4 Å². The predicted octanol–water partition coefficient (Wildman–Crippen LogP) is 0.455. The first kappa shape index (κ1) is 55.0. The molecule has 21 nitrogen and oxygen atoms in total. The summed E-state index contributed by atoms with van der Waals surface area (Å²) in [7, 11) is 0. The number of aromatic amines is 2. The highest BCUT2D eigenvalue weighted by atomic mass is 16.3. The minimum atomic E-state index is -1.44. The molecule has 0 aliphatic carbocycles. The molecule has 0 radical (unpaired) electrons. The lowest BCUT2D eigenvalue weighted by Gasteiger charge is -2.31. The van der Waals surface area contributed by atoms with Crippen LogP contribution in [0.3, 0.4) is 0 Å². The predicted molar refractivity (Wildman–Crippen MR) is 255 cm³/mol. The van der Waals surface area contributed by atoms with Crippen LogP contribution in [0.25, 0.3) is 0 Å². The summed E-state index contributed by atoms with van der Waals surface area (Å²) < 4.78 is 0. The maximum Gasteiger partial charge on any atom is 0.246 e. The third-order valence-corrected chi connectivity index (χ3v) is 11.7. The normalized spacial score (nSPS) is 16.7. The molecule has 3 heterocycles. The molecule has 1 aromatic carbocycles. The maximum absolute atomic E-state index is 14.3. The fourth-order valence-corrected chi connectivity index (χ4v) is 8.37. The van der Waals surface area contributed by atoms with E-state index in [0.29, 0.717) is 24.2 Å². The van der Waals surface area contributed by atoms with E-state index in [-0.39, 0.29) is 62.8 Å². The minimum Gasteiger partial charge on any atom is -0.390 e. The third kappa shape index (κ3) is 18.1. The van der Waals surface area contributed by atoms with Crippen LogP contribution < -0.4 is 37.6 Å². The molecule has 4 rings (SSSR count). The van der Waals surface area contributed by atoms with E-state index in [1.54, 1.807) is 30.5 Å². The summed E-state index contributed by atoms with van der Waals surface area (Å²) in [4.78, 5) is 123. The zero-order valence-corrected chi connectivity index (χ0v) is 40.8. The van der Waals surface area contributed by atoms with Gasteiger partial charge in [-0.2, -0.15) is 0 Å². The van der Waals surface area contributed by atoms with Crippen molar-refractivity contribution in [1.29, 1.82) is 0 Å². The van der Waals surface area contributed by atoms with Gasteiger partial charge in [-0.05, 0) is 55.4 Å². The molecular formula is C48H72N12O9. The van der Waals surface area contributed by atoms with Gasteiger partial charge in [-0.15, -0.1) is 0 Å². The maximum atomic E-state index is 14.3. The summed E-state index contributed by atoms with van der Waals surface area (Å²) in [6, 6.07) is 1.64. The van der Waals surface area contributed by atoms with E-state index in [1.165, 1.54) is 30.7 Å². The summed E-state index contributed by atoms with van der Waals surface area (Å²) in [6.07, 6.45) is 5.65. The monoisotopic (exact) mass is 961 g/mol. The highest BCUT2D eigenvalue weighted by Gasteiger charge is 2.40. The molecule has 3 aromatic rings. The number of carbonyl (C=O) groups is 8. The molecule has 11 N–H and O–H groups in total. The van der Waals surface area contributed by atoms with Gasteiger partial charge in [-0.1, -0.05) is 71.9 Å². The second-order valence-corrected chi connectivity index (χ2v) is 19.2. The number of aromatic nitrogens is 4. The highest BCUT2D eigenvalue weighted by molar-refractivity contribution is 5.96. The van der Waals surface area contributed by atoms with Crippen LogP contribution in [0.2, 0.25) is 0 Å². The average Bonchev–Trinajstić information content (AvgIpc) is 4.09. The number of aliphatic hydroxyl groups is 1. The summed E-state index contributed by atoms with van der Waals surface area (Å²) in [5, 5.41) is 28.1. The zero-order valence-electron chi connectivity index (χ0n) is 40.8. The Hall–Kier alpha value is -6.64. The second-order valence-electron chi connectivity index (χ2n) is 19.2. The van der Waals surface area contributed by atoms with Crippen molar-refractivity contribution < 1.29 is 43.5 Å². The topological polar surface area (TPSA) is 316 Å². The standard InChI is InChI=1S/C48H72N12O9/c1-27(2)16-34(41(62)22-42(63)55-36(17-28(3)4)44(65)57-35(43(49)64)19-31-12-9-8-10-13-31)56-46(67)38(20-32-23-50-25-52-32)58-45(66)37(18-29(5)6)59-47(68)40-14-11-15-60(40)48(69)39(54-30(7)61)21-33-24-51-26-53-33/h8-10,12-13,23-29,34-41,62H,11,14-22H2,1-7H3,(H2,49,64)(H,50,52)(H,51,53)(H,54,61)(H,55,63)(H,56,67)(H,57,65)(H,58,66)(H,59,68)/t34-,35-,36-,37-,38-,39-,40+,41-/m0/s1. The fraction of sp³-hybridized carbons (Fsp3) is 0.583. The minimum absolute atomic E-state index is 0.0514. The number of rotatable bonds is 27. The first-order valence-electron chi connectivity index (χ1n) is 23.7. The number of aliphatic hydroxyl groups excluding tert-OH is 1. The lowest BCUT2D eigenvalue weighted by Crippen LogP contribution is -2.59. The Labute approximate surface area is 403 Å². The van der Waals surface area contributed by atoms with Gasteiger partial charge < -0.3 is 57.6 Å². The van der Waals surface area contributed by atoms with Crippen molar-refractivity contribution in [2.45, 2.75) is 155 Å². The number of likely N-dealkylation sites (tertiary alicyclic amines) is 1. The molecule has 2 aromatic heterocycles. The van der Waals surface area contributed by atoms with Gasteiger partial charge in [0, 0.05) is 56.5 Å². The third-order valence-electron chi connectivity index (χ3n) is 11.7. The first-order valence-corrected chi connectivity index (χ1v) is 23.7. The number of hydrogen-bond acceptors (Lipinski definition) is 11. The van der Waals surface area contributed by atoms with Crippen molar-refractivity contribution in [3.05, 3.63) is 72.3 Å². The van der Waals surface area contributed by atoms with Gasteiger partial charge in [-0.25, -0.2) is 9.97 Å². The van der Waals surface area contributed by atoms with Crippen LogP contribution in [-0.4, -0.2) is 132 Å². The van der Waals surface area contributed by atoms with Crippen LogP contribution in [0, 0.1) is 17.8 Å². The zero-order chi connectivity index (χ0) is 50.8. The van der Waals surface area contributed by atoms with E-state index in [1.807, 2.05) is 47.6 Å². The molecule has 21 heteroatoms.